The molecule has 6 nitrogen and oxygen atoms in total. The number of alkyl halides is 2. The second-order valence-corrected chi connectivity index (χ2v) is 5.48. The maximum absolute atomic E-state index is 12.1. The molecule has 0 radical (unpaired) electrons. The molecule has 2 aromatic rings. The van der Waals surface area contributed by atoms with E-state index in [0.29, 0.717) is 5.69 Å². The fourth-order valence-corrected chi connectivity index (χ4v) is 1.53. The first-order chi connectivity index (χ1) is 10.3. The Hall–Kier alpha value is -2.51. The van der Waals surface area contributed by atoms with Crippen LogP contribution in [0.3, 0.4) is 0 Å². The Morgan fingerprint density at radius 3 is 2.64 bits per heavy atom. The average molecular weight is 311 g/mol. The zero-order chi connectivity index (χ0) is 16.3. The lowest BCUT2D eigenvalue weighted by atomic mass is 9.93. The van der Waals surface area contributed by atoms with Crippen molar-refractivity contribution < 1.29 is 22.7 Å². The predicted molar refractivity (Wildman–Crippen MR) is 74.0 cm³/mol. The molecule has 0 aliphatic heterocycles. The number of hydrogen-bond acceptors (Lipinski definition) is 5. The molecule has 2 rings (SSSR count). The maximum atomic E-state index is 12.1. The molecule has 0 aliphatic carbocycles. The third kappa shape index (κ3) is 4.00. The summed E-state index contributed by atoms with van der Waals surface area (Å²) in [5.41, 5.74) is 0.356. The number of nitrogens with zero attached hydrogens (tertiary/aromatic N) is 2. The molecule has 0 bridgehead atoms. The average Bonchev–Trinajstić information content (AvgIpc) is 2.86. The van der Waals surface area contributed by atoms with Gasteiger partial charge in [-0.25, -0.2) is 4.98 Å². The van der Waals surface area contributed by atoms with Gasteiger partial charge in [-0.2, -0.15) is 13.8 Å². The molecule has 0 saturated heterocycles. The van der Waals surface area contributed by atoms with Crippen LogP contribution < -0.4 is 10.1 Å². The van der Waals surface area contributed by atoms with Gasteiger partial charge in [0.1, 0.15) is 12.0 Å². The van der Waals surface area contributed by atoms with Crippen molar-refractivity contribution in [1.82, 2.24) is 9.97 Å². The number of aromatic nitrogens is 2. The normalized spacial score (nSPS) is 11.5. The number of halogens is 2. The summed E-state index contributed by atoms with van der Waals surface area (Å²) < 4.78 is 33.6. The van der Waals surface area contributed by atoms with E-state index in [2.05, 4.69) is 20.0 Å². The molecule has 8 heteroatoms. The zero-order valence-corrected chi connectivity index (χ0v) is 12.3. The van der Waals surface area contributed by atoms with Crippen molar-refractivity contribution in [2.45, 2.75) is 32.8 Å². The topological polar surface area (TPSA) is 77.2 Å². The van der Waals surface area contributed by atoms with Gasteiger partial charge in [-0.05, 0) is 6.07 Å². The molecule has 2 aromatic heterocycles. The van der Waals surface area contributed by atoms with Crippen molar-refractivity contribution >= 4 is 11.9 Å². The van der Waals surface area contributed by atoms with Gasteiger partial charge in [-0.15, -0.1) is 0 Å². The zero-order valence-electron chi connectivity index (χ0n) is 12.3. The van der Waals surface area contributed by atoms with Crippen LogP contribution >= 0.6 is 0 Å². The van der Waals surface area contributed by atoms with Gasteiger partial charge in [-0.1, -0.05) is 26.8 Å². The number of carbonyl (C=O) groups is 1. The second-order valence-electron chi connectivity index (χ2n) is 5.48. The number of ether oxygens (including phenoxy) is 1. The van der Waals surface area contributed by atoms with E-state index in [1.807, 2.05) is 20.8 Å². The van der Waals surface area contributed by atoms with Crippen molar-refractivity contribution in [2.75, 3.05) is 5.32 Å². The Balaban J connectivity index is 2.10. The van der Waals surface area contributed by atoms with E-state index in [9.17, 15) is 13.6 Å². The third-order valence-electron chi connectivity index (χ3n) is 2.66. The van der Waals surface area contributed by atoms with E-state index in [-0.39, 0.29) is 23.0 Å². The second kappa shape index (κ2) is 6.08. The molecule has 0 aliphatic rings. The summed E-state index contributed by atoms with van der Waals surface area (Å²) in [7, 11) is 0. The van der Waals surface area contributed by atoms with Gasteiger partial charge in [0.05, 0.1) is 5.69 Å². The summed E-state index contributed by atoms with van der Waals surface area (Å²) in [6.45, 7) is 2.84. The van der Waals surface area contributed by atoms with Crippen molar-refractivity contribution in [3.8, 4) is 5.88 Å². The molecule has 0 atom stereocenters. The molecule has 0 fully saturated rings. The summed E-state index contributed by atoms with van der Waals surface area (Å²) >= 11 is 0. The number of pyridine rings is 1. The molecule has 0 unspecified atom stereocenters. The number of hydrogen-bond donors (Lipinski definition) is 1. The van der Waals surface area contributed by atoms with Gasteiger partial charge in [-0.3, -0.25) is 10.1 Å². The molecule has 118 valence electrons. The fourth-order valence-electron chi connectivity index (χ4n) is 1.53. The standard InChI is InChI=1S/C14H15F2N3O3/c1-14(2,3)9-7-21-13(18-9)19-11(20)8-5-4-6-10(17-8)22-12(15)16/h4-7,12H,1-3H3,(H,18,19,20). The molecular formula is C14H15F2N3O3. The largest absolute Gasteiger partial charge is 0.432 e. The van der Waals surface area contributed by atoms with Crippen molar-refractivity contribution in [3.63, 3.8) is 0 Å². The van der Waals surface area contributed by atoms with Crippen molar-refractivity contribution in [3.05, 3.63) is 35.9 Å². The molecule has 1 N–H and O–H groups in total. The van der Waals surface area contributed by atoms with Crippen LogP contribution in [0.25, 0.3) is 0 Å². The lowest BCUT2D eigenvalue weighted by Crippen LogP contribution is -2.16. The van der Waals surface area contributed by atoms with Crippen LogP contribution in [0.15, 0.2) is 28.9 Å². The number of anilines is 1. The SMILES string of the molecule is CC(C)(C)c1coc(NC(=O)c2cccc(OC(F)F)n2)n1. The molecule has 1 amide bonds. The number of carbonyl (C=O) groups excluding carboxylic acids is 1. The Bertz CT molecular complexity index is 665. The van der Waals surface area contributed by atoms with Crippen LogP contribution in [0.4, 0.5) is 14.8 Å². The first kappa shape index (κ1) is 15.9. The molecular weight excluding hydrogens is 296 g/mol. The minimum Gasteiger partial charge on any atom is -0.432 e. The highest BCUT2D eigenvalue weighted by Crippen LogP contribution is 2.23. The Labute approximate surface area is 125 Å². The minimum atomic E-state index is -3.01. The van der Waals surface area contributed by atoms with Gasteiger partial charge in [0.15, 0.2) is 0 Å². The fraction of sp³-hybridized carbons (Fsp3) is 0.357. The maximum Gasteiger partial charge on any atom is 0.388 e. The van der Waals surface area contributed by atoms with Gasteiger partial charge < -0.3 is 9.15 Å². The molecule has 22 heavy (non-hydrogen) atoms. The smallest absolute Gasteiger partial charge is 0.388 e. The van der Waals surface area contributed by atoms with Gasteiger partial charge >= 0.3 is 12.6 Å². The van der Waals surface area contributed by atoms with E-state index >= 15 is 0 Å². The van der Waals surface area contributed by atoms with Crippen molar-refractivity contribution in [1.29, 1.82) is 0 Å². The molecule has 0 saturated carbocycles. The molecule has 0 aromatic carbocycles. The van der Waals surface area contributed by atoms with Gasteiger partial charge in [0.25, 0.3) is 5.91 Å². The third-order valence-corrected chi connectivity index (χ3v) is 2.66. The first-order valence-electron chi connectivity index (χ1n) is 6.45. The van der Waals surface area contributed by atoms with Crippen LogP contribution in [0.1, 0.15) is 37.0 Å². The Morgan fingerprint density at radius 2 is 2.05 bits per heavy atom. The van der Waals surface area contributed by atoms with Crippen LogP contribution in [0, 0.1) is 0 Å². The lowest BCUT2D eigenvalue weighted by Gasteiger charge is -2.12. The Kier molecular flexibility index (Phi) is 4.39. The number of nitrogens with one attached hydrogen (secondary N) is 1. The minimum absolute atomic E-state index is 0.0110. The summed E-state index contributed by atoms with van der Waals surface area (Å²) in [6, 6.07) is 3.99. The van der Waals surface area contributed by atoms with Crippen LogP contribution in [-0.2, 0) is 5.41 Å². The summed E-state index contributed by atoms with van der Waals surface area (Å²) in [5, 5.41) is 2.41. The highest BCUT2D eigenvalue weighted by Gasteiger charge is 2.20. The van der Waals surface area contributed by atoms with Crippen LogP contribution in [-0.4, -0.2) is 22.5 Å². The first-order valence-corrected chi connectivity index (χ1v) is 6.45. The summed E-state index contributed by atoms with van der Waals surface area (Å²) in [6.07, 6.45) is 1.44. The summed E-state index contributed by atoms with van der Waals surface area (Å²) in [5.74, 6) is -0.979. The monoisotopic (exact) mass is 311 g/mol. The van der Waals surface area contributed by atoms with Gasteiger partial charge in [0.2, 0.25) is 5.88 Å². The lowest BCUT2D eigenvalue weighted by molar-refractivity contribution is -0.0529. The van der Waals surface area contributed by atoms with E-state index < -0.39 is 12.5 Å². The number of rotatable bonds is 4. The Morgan fingerprint density at radius 1 is 1.32 bits per heavy atom. The molecule has 2 heterocycles. The highest BCUT2D eigenvalue weighted by atomic mass is 19.3. The van der Waals surface area contributed by atoms with E-state index in [0.717, 1.165) is 0 Å². The van der Waals surface area contributed by atoms with E-state index in [1.54, 1.807) is 0 Å². The number of oxazole rings is 1. The molecule has 0 spiro atoms. The summed E-state index contributed by atoms with van der Waals surface area (Å²) in [4.78, 5) is 19.8. The highest BCUT2D eigenvalue weighted by molar-refractivity contribution is 6.01. The van der Waals surface area contributed by atoms with Crippen LogP contribution in [0.5, 0.6) is 5.88 Å². The van der Waals surface area contributed by atoms with E-state index in [1.165, 1.54) is 24.5 Å². The van der Waals surface area contributed by atoms with Crippen LogP contribution in [0.2, 0.25) is 0 Å². The van der Waals surface area contributed by atoms with E-state index in [4.69, 9.17) is 4.42 Å². The van der Waals surface area contributed by atoms with Crippen molar-refractivity contribution in [2.24, 2.45) is 0 Å². The van der Waals surface area contributed by atoms with Gasteiger partial charge in [0, 0.05) is 11.5 Å². The quantitative estimate of drug-likeness (QED) is 0.938. The predicted octanol–water partition coefficient (Wildman–Crippen LogP) is 3.22. The number of amides is 1.